The minimum atomic E-state index is -3.40. The molecule has 1 fully saturated rings. The monoisotopic (exact) mass is 296 g/mol. The summed E-state index contributed by atoms with van der Waals surface area (Å²) in [6.07, 6.45) is 2.94. The minimum Gasteiger partial charge on any atom is -0.207 e. The fraction of sp³-hybridized carbons (Fsp3) is 0.462. The van der Waals surface area contributed by atoms with Crippen molar-refractivity contribution in [3.8, 4) is 0 Å². The molecule has 0 radical (unpaired) electrons. The van der Waals surface area contributed by atoms with Crippen LogP contribution in [0.5, 0.6) is 0 Å². The zero-order chi connectivity index (χ0) is 13.9. The van der Waals surface area contributed by atoms with E-state index in [0.29, 0.717) is 17.1 Å². The highest BCUT2D eigenvalue weighted by molar-refractivity contribution is 7.89. The van der Waals surface area contributed by atoms with Gasteiger partial charge < -0.3 is 0 Å². The summed E-state index contributed by atoms with van der Waals surface area (Å²) in [5, 5.41) is 2.26. The first-order valence-electron chi connectivity index (χ1n) is 6.25. The molecule has 0 unspecified atom stereocenters. The predicted molar refractivity (Wildman–Crippen MR) is 78.3 cm³/mol. The number of isothiocyanates is 1. The lowest BCUT2D eigenvalue weighted by atomic mass is 10.1. The van der Waals surface area contributed by atoms with E-state index in [1.165, 1.54) is 0 Å². The summed E-state index contributed by atoms with van der Waals surface area (Å²) in [6, 6.07) is 6.49. The summed E-state index contributed by atoms with van der Waals surface area (Å²) in [5.41, 5.74) is 0.612. The zero-order valence-corrected chi connectivity index (χ0v) is 12.4. The summed E-state index contributed by atoms with van der Waals surface area (Å²) in [5.74, 6) is 0. The average Bonchev–Trinajstić information content (AvgIpc) is 2.40. The van der Waals surface area contributed by atoms with Crippen LogP contribution in [-0.2, 0) is 10.0 Å². The van der Waals surface area contributed by atoms with Crippen molar-refractivity contribution >= 4 is 33.1 Å². The number of hydrogen-bond donors (Lipinski definition) is 0. The van der Waals surface area contributed by atoms with Crippen LogP contribution in [0.3, 0.4) is 0 Å². The third-order valence-electron chi connectivity index (χ3n) is 3.36. The molecule has 1 aromatic rings. The van der Waals surface area contributed by atoms with Crippen LogP contribution in [0.25, 0.3) is 0 Å². The Balaban J connectivity index is 2.30. The number of hydrogen-bond acceptors (Lipinski definition) is 4. The van der Waals surface area contributed by atoms with Crippen molar-refractivity contribution in [1.29, 1.82) is 0 Å². The molecule has 1 heterocycles. The van der Waals surface area contributed by atoms with Crippen LogP contribution in [0, 0.1) is 0 Å². The summed E-state index contributed by atoms with van der Waals surface area (Å²) in [4.78, 5) is 4.12. The fourth-order valence-corrected chi connectivity index (χ4v) is 4.11. The maximum absolute atomic E-state index is 12.5. The predicted octanol–water partition coefficient (Wildman–Crippen LogP) is 2.98. The van der Waals surface area contributed by atoms with Crippen molar-refractivity contribution in [2.24, 2.45) is 4.99 Å². The molecule has 1 saturated heterocycles. The third kappa shape index (κ3) is 3.09. The van der Waals surface area contributed by atoms with Crippen molar-refractivity contribution in [3.63, 3.8) is 0 Å². The Bertz CT molecular complexity index is 590. The Kier molecular flexibility index (Phi) is 4.47. The van der Waals surface area contributed by atoms with Crippen LogP contribution in [0.1, 0.15) is 26.2 Å². The summed E-state index contributed by atoms with van der Waals surface area (Å²) < 4.78 is 26.6. The fourth-order valence-electron chi connectivity index (χ4n) is 2.31. The van der Waals surface area contributed by atoms with Crippen LogP contribution < -0.4 is 0 Å². The van der Waals surface area contributed by atoms with E-state index in [9.17, 15) is 8.42 Å². The number of benzene rings is 1. The van der Waals surface area contributed by atoms with Gasteiger partial charge in [0.05, 0.1) is 15.7 Å². The quantitative estimate of drug-likeness (QED) is 0.636. The van der Waals surface area contributed by atoms with Gasteiger partial charge in [0.25, 0.3) is 0 Å². The lowest BCUT2D eigenvalue weighted by Gasteiger charge is -2.32. The number of sulfonamides is 1. The SMILES string of the molecule is C[C@H]1CCCCN1S(=O)(=O)c1ccc(N=C=S)cc1. The van der Waals surface area contributed by atoms with E-state index in [2.05, 4.69) is 22.4 Å². The molecule has 0 N–H and O–H groups in total. The Labute approximate surface area is 119 Å². The van der Waals surface area contributed by atoms with Gasteiger partial charge in [-0.1, -0.05) is 6.42 Å². The Hall–Kier alpha value is -1.07. The minimum absolute atomic E-state index is 0.0671. The summed E-state index contributed by atoms with van der Waals surface area (Å²) in [7, 11) is -3.40. The third-order valence-corrected chi connectivity index (χ3v) is 5.48. The van der Waals surface area contributed by atoms with Gasteiger partial charge in [0.1, 0.15) is 0 Å². The second-order valence-corrected chi connectivity index (χ2v) is 6.73. The van der Waals surface area contributed by atoms with Crippen LogP contribution in [0.2, 0.25) is 0 Å². The van der Waals surface area contributed by atoms with E-state index in [4.69, 9.17) is 0 Å². The molecule has 1 atom stereocenters. The van der Waals surface area contributed by atoms with E-state index in [0.717, 1.165) is 19.3 Å². The van der Waals surface area contributed by atoms with Crippen molar-refractivity contribution in [1.82, 2.24) is 4.31 Å². The van der Waals surface area contributed by atoms with Crippen LogP contribution in [0.4, 0.5) is 5.69 Å². The molecular formula is C13H16N2O2S2. The lowest BCUT2D eigenvalue weighted by molar-refractivity contribution is 0.268. The van der Waals surface area contributed by atoms with E-state index < -0.39 is 10.0 Å². The van der Waals surface area contributed by atoms with Gasteiger partial charge in [-0.3, -0.25) is 0 Å². The molecule has 6 heteroatoms. The summed E-state index contributed by atoms with van der Waals surface area (Å²) in [6.45, 7) is 2.56. The van der Waals surface area contributed by atoms with Crippen molar-refractivity contribution < 1.29 is 8.42 Å². The van der Waals surface area contributed by atoms with E-state index >= 15 is 0 Å². The van der Waals surface area contributed by atoms with Gasteiger partial charge in [-0.2, -0.15) is 9.30 Å². The standard InChI is InChI=1S/C13H16N2O2S2/c1-11-4-2-3-9-15(11)19(16,17)13-7-5-12(6-8-13)14-10-18/h5-8,11H,2-4,9H2,1H3/t11-/m0/s1. The molecule has 102 valence electrons. The molecule has 0 aliphatic carbocycles. The molecule has 4 nitrogen and oxygen atoms in total. The normalized spacial score (nSPS) is 20.8. The van der Waals surface area contributed by atoms with Crippen molar-refractivity contribution in [2.45, 2.75) is 37.1 Å². The molecular weight excluding hydrogens is 280 g/mol. The van der Waals surface area contributed by atoms with Gasteiger partial charge >= 0.3 is 0 Å². The molecule has 2 rings (SSSR count). The molecule has 0 bridgehead atoms. The molecule has 1 aliphatic heterocycles. The second kappa shape index (κ2) is 5.92. The van der Waals surface area contributed by atoms with E-state index in [1.807, 2.05) is 6.92 Å². The maximum atomic E-state index is 12.5. The van der Waals surface area contributed by atoms with Gasteiger partial charge in [0, 0.05) is 12.6 Å². The number of piperidine rings is 1. The molecule has 19 heavy (non-hydrogen) atoms. The van der Waals surface area contributed by atoms with E-state index in [1.54, 1.807) is 28.6 Å². The number of thiocarbonyl (C=S) groups is 1. The highest BCUT2D eigenvalue weighted by Gasteiger charge is 2.30. The average molecular weight is 296 g/mol. The first-order valence-corrected chi connectivity index (χ1v) is 8.10. The number of aliphatic imine (C=N–C) groups is 1. The Morgan fingerprint density at radius 1 is 1.32 bits per heavy atom. The van der Waals surface area contributed by atoms with Gasteiger partial charge in [0.15, 0.2) is 0 Å². The maximum Gasteiger partial charge on any atom is 0.243 e. The molecule has 1 aliphatic rings. The molecule has 0 amide bonds. The lowest BCUT2D eigenvalue weighted by Crippen LogP contribution is -2.41. The van der Waals surface area contributed by atoms with Gasteiger partial charge in [0.2, 0.25) is 10.0 Å². The number of nitrogens with zero attached hydrogens (tertiary/aromatic N) is 2. The smallest absolute Gasteiger partial charge is 0.207 e. The highest BCUT2D eigenvalue weighted by atomic mass is 32.2. The first kappa shape index (κ1) is 14.3. The van der Waals surface area contributed by atoms with Crippen LogP contribution >= 0.6 is 12.2 Å². The largest absolute Gasteiger partial charge is 0.243 e. The number of rotatable bonds is 3. The second-order valence-electron chi connectivity index (χ2n) is 4.66. The van der Waals surface area contributed by atoms with Gasteiger partial charge in [-0.25, -0.2) is 8.42 Å². The van der Waals surface area contributed by atoms with Gasteiger partial charge in [-0.15, -0.1) is 0 Å². The first-order chi connectivity index (χ1) is 9.05. The summed E-state index contributed by atoms with van der Waals surface area (Å²) >= 11 is 4.52. The molecule has 0 spiro atoms. The highest BCUT2D eigenvalue weighted by Crippen LogP contribution is 2.26. The van der Waals surface area contributed by atoms with E-state index in [-0.39, 0.29) is 6.04 Å². The molecule has 1 aromatic carbocycles. The molecule has 0 saturated carbocycles. The van der Waals surface area contributed by atoms with Gasteiger partial charge in [-0.05, 0) is 56.2 Å². The van der Waals surface area contributed by atoms with Crippen molar-refractivity contribution in [3.05, 3.63) is 24.3 Å². The van der Waals surface area contributed by atoms with Crippen LogP contribution in [0.15, 0.2) is 34.2 Å². The Morgan fingerprint density at radius 3 is 2.58 bits per heavy atom. The topological polar surface area (TPSA) is 49.7 Å². The van der Waals surface area contributed by atoms with Crippen molar-refractivity contribution in [2.75, 3.05) is 6.54 Å². The molecule has 0 aromatic heterocycles. The zero-order valence-electron chi connectivity index (χ0n) is 10.7. The Morgan fingerprint density at radius 2 is 2.00 bits per heavy atom. The van der Waals surface area contributed by atoms with Crippen LogP contribution in [-0.4, -0.2) is 30.5 Å².